The Hall–Kier alpha value is -1.35. The number of hydrogen-bond acceptors (Lipinski definition) is 3. The zero-order valence-corrected chi connectivity index (χ0v) is 10.1. The molecule has 1 rings (SSSR count). The van der Waals surface area contributed by atoms with Gasteiger partial charge in [-0.15, -0.1) is 0 Å². The third kappa shape index (κ3) is 2.83. The number of ketones is 1. The fourth-order valence-electron chi connectivity index (χ4n) is 1.66. The number of rotatable bonds is 5. The number of hydrogen-bond donors (Lipinski definition) is 1. The molecule has 0 amide bonds. The summed E-state index contributed by atoms with van der Waals surface area (Å²) < 4.78 is 5.20. The molecule has 0 radical (unpaired) electrons. The molecular weight excluding hydrogens is 202 g/mol. The SMILES string of the molecule is COc1ccc(C)cc1C(=O)C(C)CCN. The Labute approximate surface area is 96.6 Å². The van der Waals surface area contributed by atoms with E-state index in [1.807, 2.05) is 32.0 Å². The Kier molecular flexibility index (Phi) is 4.50. The largest absolute Gasteiger partial charge is 0.496 e. The molecule has 0 heterocycles. The highest BCUT2D eigenvalue weighted by atomic mass is 16.5. The summed E-state index contributed by atoms with van der Waals surface area (Å²) in [5.74, 6) is 0.686. The van der Waals surface area contributed by atoms with E-state index in [2.05, 4.69) is 0 Å². The second kappa shape index (κ2) is 5.66. The fourth-order valence-corrected chi connectivity index (χ4v) is 1.66. The topological polar surface area (TPSA) is 52.3 Å². The fraction of sp³-hybridized carbons (Fsp3) is 0.462. The van der Waals surface area contributed by atoms with Crippen molar-refractivity contribution in [2.45, 2.75) is 20.3 Å². The van der Waals surface area contributed by atoms with Crippen molar-refractivity contribution in [1.82, 2.24) is 0 Å². The van der Waals surface area contributed by atoms with Gasteiger partial charge in [-0.25, -0.2) is 0 Å². The summed E-state index contributed by atoms with van der Waals surface area (Å²) in [7, 11) is 1.58. The Morgan fingerprint density at radius 3 is 2.75 bits per heavy atom. The number of benzene rings is 1. The van der Waals surface area contributed by atoms with E-state index >= 15 is 0 Å². The summed E-state index contributed by atoms with van der Waals surface area (Å²) in [4.78, 5) is 12.1. The van der Waals surface area contributed by atoms with Crippen LogP contribution in [0.3, 0.4) is 0 Å². The van der Waals surface area contributed by atoms with Crippen LogP contribution in [-0.4, -0.2) is 19.4 Å². The van der Waals surface area contributed by atoms with E-state index in [-0.39, 0.29) is 11.7 Å². The third-order valence-corrected chi connectivity index (χ3v) is 2.67. The number of ether oxygens (including phenoxy) is 1. The molecule has 0 aromatic heterocycles. The molecule has 3 heteroatoms. The molecule has 1 aromatic carbocycles. The van der Waals surface area contributed by atoms with Gasteiger partial charge in [0.25, 0.3) is 0 Å². The lowest BCUT2D eigenvalue weighted by Gasteiger charge is -2.12. The summed E-state index contributed by atoms with van der Waals surface area (Å²) in [6.07, 6.45) is 0.704. The van der Waals surface area contributed by atoms with Gasteiger partial charge < -0.3 is 10.5 Å². The average Bonchev–Trinajstić information content (AvgIpc) is 2.28. The molecule has 0 spiro atoms. The molecule has 2 N–H and O–H groups in total. The summed E-state index contributed by atoms with van der Waals surface area (Å²) >= 11 is 0. The van der Waals surface area contributed by atoms with Crippen molar-refractivity contribution in [1.29, 1.82) is 0 Å². The normalized spacial score (nSPS) is 12.2. The van der Waals surface area contributed by atoms with Crippen LogP contribution in [0.15, 0.2) is 18.2 Å². The van der Waals surface area contributed by atoms with Crippen molar-refractivity contribution in [2.24, 2.45) is 11.7 Å². The lowest BCUT2D eigenvalue weighted by Crippen LogP contribution is -2.16. The Balaban J connectivity index is 3.01. The Morgan fingerprint density at radius 2 is 2.19 bits per heavy atom. The molecule has 1 atom stereocenters. The maximum absolute atomic E-state index is 12.1. The molecule has 0 aliphatic carbocycles. The summed E-state index contributed by atoms with van der Waals surface area (Å²) in [5, 5.41) is 0. The van der Waals surface area contributed by atoms with Gasteiger partial charge in [-0.3, -0.25) is 4.79 Å². The molecule has 1 unspecified atom stereocenters. The molecule has 0 aliphatic rings. The van der Waals surface area contributed by atoms with Crippen LogP contribution in [0.1, 0.15) is 29.3 Å². The van der Waals surface area contributed by atoms with E-state index < -0.39 is 0 Å². The molecule has 0 saturated heterocycles. The van der Waals surface area contributed by atoms with Crippen LogP contribution in [0.25, 0.3) is 0 Å². The average molecular weight is 221 g/mol. The number of Topliss-reactive ketones (excluding diaryl/α,β-unsaturated/α-hetero) is 1. The van der Waals surface area contributed by atoms with Gasteiger partial charge >= 0.3 is 0 Å². The molecule has 1 aromatic rings. The number of carbonyl (C=O) groups excluding carboxylic acids is 1. The highest BCUT2D eigenvalue weighted by molar-refractivity contribution is 6.00. The third-order valence-electron chi connectivity index (χ3n) is 2.67. The van der Waals surface area contributed by atoms with Gasteiger partial charge in [-0.2, -0.15) is 0 Å². The van der Waals surface area contributed by atoms with Gasteiger partial charge in [-0.05, 0) is 32.0 Å². The van der Waals surface area contributed by atoms with Crippen LogP contribution in [0.2, 0.25) is 0 Å². The number of carbonyl (C=O) groups is 1. The highest BCUT2D eigenvalue weighted by Crippen LogP contribution is 2.23. The summed E-state index contributed by atoms with van der Waals surface area (Å²) in [6.45, 7) is 4.39. The molecule has 88 valence electrons. The Morgan fingerprint density at radius 1 is 1.50 bits per heavy atom. The maximum atomic E-state index is 12.1. The van der Waals surface area contributed by atoms with Crippen molar-refractivity contribution >= 4 is 5.78 Å². The van der Waals surface area contributed by atoms with Gasteiger partial charge in [-0.1, -0.05) is 18.6 Å². The predicted octanol–water partition coefficient (Wildman–Crippen LogP) is 2.17. The Bertz CT molecular complexity index is 374. The highest BCUT2D eigenvalue weighted by Gasteiger charge is 2.18. The molecule has 0 aliphatic heterocycles. The van der Waals surface area contributed by atoms with Gasteiger partial charge in [0.05, 0.1) is 12.7 Å². The van der Waals surface area contributed by atoms with Crippen molar-refractivity contribution in [3.05, 3.63) is 29.3 Å². The minimum absolute atomic E-state index is 0.0549. The second-order valence-electron chi connectivity index (χ2n) is 4.05. The van der Waals surface area contributed by atoms with E-state index in [1.54, 1.807) is 7.11 Å². The van der Waals surface area contributed by atoms with Crippen molar-refractivity contribution in [3.8, 4) is 5.75 Å². The van der Waals surface area contributed by atoms with E-state index in [1.165, 1.54) is 0 Å². The molecule has 0 bridgehead atoms. The lowest BCUT2D eigenvalue weighted by atomic mass is 9.95. The van der Waals surface area contributed by atoms with E-state index in [0.29, 0.717) is 24.3 Å². The van der Waals surface area contributed by atoms with E-state index in [9.17, 15) is 4.79 Å². The summed E-state index contributed by atoms with van der Waals surface area (Å²) in [5.41, 5.74) is 7.18. The number of nitrogens with two attached hydrogens (primary N) is 1. The second-order valence-corrected chi connectivity index (χ2v) is 4.05. The van der Waals surface area contributed by atoms with Crippen molar-refractivity contribution in [2.75, 3.05) is 13.7 Å². The first kappa shape index (κ1) is 12.7. The molecule has 3 nitrogen and oxygen atoms in total. The number of aryl methyl sites for hydroxylation is 1. The van der Waals surface area contributed by atoms with Crippen LogP contribution < -0.4 is 10.5 Å². The van der Waals surface area contributed by atoms with Gasteiger partial charge in [0.15, 0.2) is 5.78 Å². The molecular formula is C13H19NO2. The van der Waals surface area contributed by atoms with Crippen molar-refractivity contribution in [3.63, 3.8) is 0 Å². The maximum Gasteiger partial charge on any atom is 0.169 e. The minimum Gasteiger partial charge on any atom is -0.496 e. The quantitative estimate of drug-likeness (QED) is 0.775. The van der Waals surface area contributed by atoms with E-state index in [0.717, 1.165) is 5.56 Å². The minimum atomic E-state index is -0.0549. The zero-order chi connectivity index (χ0) is 12.1. The zero-order valence-electron chi connectivity index (χ0n) is 10.1. The van der Waals surface area contributed by atoms with Gasteiger partial charge in [0, 0.05) is 5.92 Å². The summed E-state index contributed by atoms with van der Waals surface area (Å²) in [6, 6.07) is 5.63. The first-order chi connectivity index (χ1) is 7.60. The van der Waals surface area contributed by atoms with Crippen LogP contribution >= 0.6 is 0 Å². The van der Waals surface area contributed by atoms with E-state index in [4.69, 9.17) is 10.5 Å². The monoisotopic (exact) mass is 221 g/mol. The lowest BCUT2D eigenvalue weighted by molar-refractivity contribution is 0.0922. The molecule has 0 fully saturated rings. The number of methoxy groups -OCH3 is 1. The molecule has 0 saturated carbocycles. The predicted molar refractivity (Wildman–Crippen MR) is 64.9 cm³/mol. The standard InChI is InChI=1S/C13H19NO2/c1-9-4-5-12(16-3)11(8-9)13(15)10(2)6-7-14/h4-5,8,10H,6-7,14H2,1-3H3. The van der Waals surface area contributed by atoms with Crippen LogP contribution in [0.4, 0.5) is 0 Å². The first-order valence-corrected chi connectivity index (χ1v) is 5.49. The molecule has 16 heavy (non-hydrogen) atoms. The van der Waals surface area contributed by atoms with Gasteiger partial charge in [0.2, 0.25) is 0 Å². The smallest absolute Gasteiger partial charge is 0.169 e. The first-order valence-electron chi connectivity index (χ1n) is 5.49. The van der Waals surface area contributed by atoms with Gasteiger partial charge in [0.1, 0.15) is 5.75 Å². The van der Waals surface area contributed by atoms with Crippen molar-refractivity contribution < 1.29 is 9.53 Å². The van der Waals surface area contributed by atoms with Crippen LogP contribution in [-0.2, 0) is 0 Å². The van der Waals surface area contributed by atoms with Crippen LogP contribution in [0, 0.1) is 12.8 Å². The van der Waals surface area contributed by atoms with Crippen LogP contribution in [0.5, 0.6) is 5.75 Å².